The number of carbonyl (C=O) groups is 2. The molecule has 1 N–H and O–H groups in total. The molecule has 1 aliphatic heterocycles. The monoisotopic (exact) mass is 430 g/mol. The van der Waals surface area contributed by atoms with Gasteiger partial charge in [0.05, 0.1) is 20.8 Å². The Morgan fingerprint density at radius 2 is 1.72 bits per heavy atom. The van der Waals surface area contributed by atoms with E-state index < -0.39 is 6.04 Å². The Morgan fingerprint density at radius 1 is 0.969 bits per heavy atom. The predicted octanol–water partition coefficient (Wildman–Crippen LogP) is 3.76. The van der Waals surface area contributed by atoms with Gasteiger partial charge in [0, 0.05) is 23.7 Å². The van der Waals surface area contributed by atoms with E-state index in [1.54, 1.807) is 31.3 Å². The summed E-state index contributed by atoms with van der Waals surface area (Å²) in [6.45, 7) is 0.743. The Morgan fingerprint density at radius 3 is 2.47 bits per heavy atom. The van der Waals surface area contributed by atoms with Crippen LogP contribution in [-0.4, -0.2) is 37.5 Å². The van der Waals surface area contributed by atoms with Crippen LogP contribution in [-0.2, 0) is 17.8 Å². The summed E-state index contributed by atoms with van der Waals surface area (Å²) < 4.78 is 10.8. The molecule has 0 bridgehead atoms. The summed E-state index contributed by atoms with van der Waals surface area (Å²) in [5.74, 6) is 0.918. The normalized spacial score (nSPS) is 14.8. The maximum atomic E-state index is 13.2. The zero-order valence-electron chi connectivity index (χ0n) is 18.2. The minimum absolute atomic E-state index is 0.165. The van der Waals surface area contributed by atoms with Crippen molar-refractivity contribution in [2.24, 2.45) is 0 Å². The van der Waals surface area contributed by atoms with Gasteiger partial charge in [0.15, 0.2) is 0 Å². The van der Waals surface area contributed by atoms with Crippen molar-refractivity contribution in [1.82, 2.24) is 10.2 Å². The van der Waals surface area contributed by atoms with Gasteiger partial charge in [-0.1, -0.05) is 48.5 Å². The van der Waals surface area contributed by atoms with Gasteiger partial charge in [-0.05, 0) is 35.7 Å². The molecular formula is C26H26N2O4. The van der Waals surface area contributed by atoms with Gasteiger partial charge in [-0.2, -0.15) is 0 Å². The first-order valence-corrected chi connectivity index (χ1v) is 10.5. The Bertz CT molecular complexity index is 1110. The second kappa shape index (κ2) is 9.56. The van der Waals surface area contributed by atoms with Crippen LogP contribution in [0.3, 0.4) is 0 Å². The highest BCUT2D eigenvalue weighted by molar-refractivity contribution is 6.04. The van der Waals surface area contributed by atoms with Gasteiger partial charge in [-0.25, -0.2) is 0 Å². The molecule has 1 atom stereocenters. The lowest BCUT2D eigenvalue weighted by Gasteiger charge is -2.25. The molecule has 0 radical (unpaired) electrons. The Hall–Kier alpha value is -3.80. The predicted molar refractivity (Wildman–Crippen MR) is 122 cm³/mol. The number of ether oxygens (including phenoxy) is 2. The molecule has 2 amide bonds. The number of amides is 2. The second-order valence-electron chi connectivity index (χ2n) is 7.63. The first-order valence-electron chi connectivity index (χ1n) is 10.5. The smallest absolute Gasteiger partial charge is 0.255 e. The molecule has 1 aliphatic rings. The van der Waals surface area contributed by atoms with Crippen LogP contribution in [0.25, 0.3) is 0 Å². The van der Waals surface area contributed by atoms with Gasteiger partial charge in [0.2, 0.25) is 5.91 Å². The van der Waals surface area contributed by atoms with Crippen LogP contribution in [0.15, 0.2) is 72.8 Å². The number of nitrogens with zero attached hydrogens (tertiary/aromatic N) is 1. The van der Waals surface area contributed by atoms with Crippen LogP contribution in [0, 0.1) is 0 Å². The van der Waals surface area contributed by atoms with E-state index in [1.165, 1.54) is 0 Å². The molecule has 0 saturated carbocycles. The highest BCUT2D eigenvalue weighted by Gasteiger charge is 2.41. The van der Waals surface area contributed by atoms with Crippen molar-refractivity contribution >= 4 is 11.8 Å². The molecule has 3 aromatic carbocycles. The SMILES string of the molecule is COc1ccc(CN2C(=O)c3ccccc3[C@H]2C(=O)NCCc2ccccc2)c(OC)c1. The number of methoxy groups -OCH3 is 2. The molecule has 0 spiro atoms. The molecule has 1 heterocycles. The van der Waals surface area contributed by atoms with Gasteiger partial charge in [-0.15, -0.1) is 0 Å². The minimum atomic E-state index is -0.693. The first-order chi connectivity index (χ1) is 15.6. The zero-order valence-corrected chi connectivity index (χ0v) is 18.2. The summed E-state index contributed by atoms with van der Waals surface area (Å²) in [6.07, 6.45) is 0.723. The van der Waals surface area contributed by atoms with Crippen LogP contribution in [0.4, 0.5) is 0 Å². The van der Waals surface area contributed by atoms with E-state index in [0.29, 0.717) is 23.6 Å². The molecule has 32 heavy (non-hydrogen) atoms. The highest BCUT2D eigenvalue weighted by Crippen LogP contribution is 2.36. The maximum absolute atomic E-state index is 13.2. The lowest BCUT2D eigenvalue weighted by Crippen LogP contribution is -2.39. The van der Waals surface area contributed by atoms with E-state index in [9.17, 15) is 9.59 Å². The lowest BCUT2D eigenvalue weighted by molar-refractivity contribution is -0.125. The summed E-state index contributed by atoms with van der Waals surface area (Å²) in [7, 11) is 3.16. The molecule has 0 aromatic heterocycles. The van der Waals surface area contributed by atoms with Gasteiger partial charge >= 0.3 is 0 Å². The number of hydrogen-bond acceptors (Lipinski definition) is 4. The van der Waals surface area contributed by atoms with Crippen molar-refractivity contribution in [3.8, 4) is 11.5 Å². The molecule has 3 aromatic rings. The first kappa shape index (κ1) is 21.4. The molecule has 4 rings (SSSR count). The highest BCUT2D eigenvalue weighted by atomic mass is 16.5. The Balaban J connectivity index is 1.56. The van der Waals surface area contributed by atoms with Crippen molar-refractivity contribution in [2.45, 2.75) is 19.0 Å². The van der Waals surface area contributed by atoms with E-state index in [1.807, 2.05) is 60.7 Å². The van der Waals surface area contributed by atoms with E-state index >= 15 is 0 Å². The van der Waals surface area contributed by atoms with Gasteiger partial charge in [0.1, 0.15) is 17.5 Å². The van der Waals surface area contributed by atoms with Crippen molar-refractivity contribution in [3.05, 3.63) is 95.1 Å². The molecule has 6 heteroatoms. The third-order valence-corrected chi connectivity index (χ3v) is 5.70. The van der Waals surface area contributed by atoms with Crippen LogP contribution in [0.1, 0.15) is 33.1 Å². The van der Waals surface area contributed by atoms with E-state index in [2.05, 4.69) is 5.32 Å². The van der Waals surface area contributed by atoms with Gasteiger partial charge in [-0.3, -0.25) is 9.59 Å². The average Bonchev–Trinajstić information content (AvgIpc) is 3.11. The van der Waals surface area contributed by atoms with Crippen molar-refractivity contribution in [2.75, 3.05) is 20.8 Å². The van der Waals surface area contributed by atoms with Gasteiger partial charge < -0.3 is 19.7 Å². The van der Waals surface area contributed by atoms with Crippen molar-refractivity contribution in [3.63, 3.8) is 0 Å². The van der Waals surface area contributed by atoms with Crippen molar-refractivity contribution < 1.29 is 19.1 Å². The number of carbonyl (C=O) groups excluding carboxylic acids is 2. The Kier molecular flexibility index (Phi) is 6.40. The minimum Gasteiger partial charge on any atom is -0.497 e. The number of benzene rings is 3. The van der Waals surface area contributed by atoms with E-state index in [4.69, 9.17) is 9.47 Å². The van der Waals surface area contributed by atoms with Crippen LogP contribution in [0.5, 0.6) is 11.5 Å². The summed E-state index contributed by atoms with van der Waals surface area (Å²) >= 11 is 0. The number of fused-ring (bicyclic) bond motifs is 1. The second-order valence-corrected chi connectivity index (χ2v) is 7.63. The Labute approximate surface area is 187 Å². The standard InChI is InChI=1S/C26H26N2O4/c1-31-20-13-12-19(23(16-20)32-2)17-28-24(21-10-6-7-11-22(21)26(28)30)25(29)27-15-14-18-8-4-3-5-9-18/h3-13,16,24H,14-15,17H2,1-2H3,(H,27,29)/t24-/m0/s1. The summed E-state index contributed by atoms with van der Waals surface area (Å²) in [6, 6.07) is 22.0. The van der Waals surface area contributed by atoms with E-state index in [0.717, 1.165) is 23.1 Å². The van der Waals surface area contributed by atoms with Crippen molar-refractivity contribution in [1.29, 1.82) is 0 Å². The number of nitrogens with one attached hydrogen (secondary N) is 1. The molecule has 0 fully saturated rings. The number of hydrogen-bond donors (Lipinski definition) is 1. The molecule has 0 aliphatic carbocycles. The van der Waals surface area contributed by atoms with Crippen LogP contribution in [0.2, 0.25) is 0 Å². The average molecular weight is 431 g/mol. The topological polar surface area (TPSA) is 67.9 Å². The molecule has 6 nitrogen and oxygen atoms in total. The third-order valence-electron chi connectivity index (χ3n) is 5.70. The fourth-order valence-electron chi connectivity index (χ4n) is 4.05. The molecule has 0 unspecified atom stereocenters. The maximum Gasteiger partial charge on any atom is 0.255 e. The van der Waals surface area contributed by atoms with E-state index in [-0.39, 0.29) is 18.4 Å². The fraction of sp³-hybridized carbons (Fsp3) is 0.231. The molecule has 0 saturated heterocycles. The lowest BCUT2D eigenvalue weighted by atomic mass is 10.0. The van der Waals surface area contributed by atoms with Gasteiger partial charge in [0.25, 0.3) is 5.91 Å². The van der Waals surface area contributed by atoms with Crippen LogP contribution < -0.4 is 14.8 Å². The summed E-state index contributed by atoms with van der Waals surface area (Å²) in [5, 5.41) is 3.01. The summed E-state index contributed by atoms with van der Waals surface area (Å²) in [5.41, 5.74) is 3.23. The largest absolute Gasteiger partial charge is 0.497 e. The number of rotatable bonds is 8. The van der Waals surface area contributed by atoms with Crippen LogP contribution >= 0.6 is 0 Å². The quantitative estimate of drug-likeness (QED) is 0.591. The third kappa shape index (κ3) is 4.30. The molecule has 164 valence electrons. The zero-order chi connectivity index (χ0) is 22.5. The summed E-state index contributed by atoms with van der Waals surface area (Å²) in [4.78, 5) is 28.1. The fourth-order valence-corrected chi connectivity index (χ4v) is 4.05. The molecular weight excluding hydrogens is 404 g/mol.